The highest BCUT2D eigenvalue weighted by Gasteiger charge is 2.30. The average Bonchev–Trinajstić information content (AvgIpc) is 3.27. The lowest BCUT2D eigenvalue weighted by atomic mass is 10.0. The van der Waals surface area contributed by atoms with Crippen LogP contribution in [-0.2, 0) is 11.0 Å². The van der Waals surface area contributed by atoms with Crippen LogP contribution in [0.4, 0.5) is 13.2 Å². The highest BCUT2D eigenvalue weighted by atomic mass is 32.2. The molecule has 174 valence electrons. The van der Waals surface area contributed by atoms with Crippen LogP contribution in [0.25, 0.3) is 17.1 Å². The van der Waals surface area contributed by atoms with Gasteiger partial charge in [0.15, 0.2) is 11.0 Å². The van der Waals surface area contributed by atoms with Gasteiger partial charge in [0.25, 0.3) is 0 Å². The van der Waals surface area contributed by atoms with Crippen molar-refractivity contribution >= 4 is 17.7 Å². The lowest BCUT2D eigenvalue weighted by Gasteiger charge is -2.16. The van der Waals surface area contributed by atoms with Gasteiger partial charge in [-0.25, -0.2) is 0 Å². The third-order valence-electron chi connectivity index (χ3n) is 5.10. The van der Waals surface area contributed by atoms with Crippen LogP contribution in [0.1, 0.15) is 24.1 Å². The van der Waals surface area contributed by atoms with Crippen molar-refractivity contribution in [3.8, 4) is 17.1 Å². The predicted molar refractivity (Wildman–Crippen MR) is 126 cm³/mol. The molecular weight excluding hydrogens is 461 g/mol. The number of carbonyl (C=O) groups excluding carboxylic acids is 1. The number of hydrogen-bond donors (Lipinski definition) is 1. The van der Waals surface area contributed by atoms with Crippen molar-refractivity contribution in [2.45, 2.75) is 24.3 Å². The Labute approximate surface area is 199 Å². The summed E-state index contributed by atoms with van der Waals surface area (Å²) in [5.41, 5.74) is 1.37. The molecule has 5 nitrogen and oxygen atoms in total. The topological polar surface area (TPSA) is 59.8 Å². The zero-order valence-corrected chi connectivity index (χ0v) is 19.0. The number of benzene rings is 3. The predicted octanol–water partition coefficient (Wildman–Crippen LogP) is 5.92. The number of rotatable bonds is 7. The van der Waals surface area contributed by atoms with Crippen molar-refractivity contribution in [2.75, 3.05) is 5.75 Å². The lowest BCUT2D eigenvalue weighted by Crippen LogP contribution is -2.28. The van der Waals surface area contributed by atoms with E-state index in [0.717, 1.165) is 23.4 Å². The maximum Gasteiger partial charge on any atom is 0.416 e. The molecule has 0 fully saturated rings. The highest BCUT2D eigenvalue weighted by Crippen LogP contribution is 2.31. The molecule has 3 aromatic carbocycles. The van der Waals surface area contributed by atoms with Crippen molar-refractivity contribution in [2.24, 2.45) is 0 Å². The second-order valence-corrected chi connectivity index (χ2v) is 8.49. The van der Waals surface area contributed by atoms with Crippen LogP contribution in [0.15, 0.2) is 90.1 Å². The Balaban J connectivity index is 1.50. The Bertz CT molecular complexity index is 1260. The van der Waals surface area contributed by atoms with Crippen molar-refractivity contribution in [3.63, 3.8) is 0 Å². The maximum absolute atomic E-state index is 13.0. The fraction of sp³-hybridized carbons (Fsp3) is 0.160. The van der Waals surface area contributed by atoms with Gasteiger partial charge in [-0.3, -0.25) is 9.36 Å². The van der Waals surface area contributed by atoms with E-state index in [1.807, 2.05) is 65.2 Å². The molecule has 4 aromatic rings. The van der Waals surface area contributed by atoms with Crippen LogP contribution in [-0.4, -0.2) is 26.4 Å². The first kappa shape index (κ1) is 23.6. The number of nitrogens with one attached hydrogen (secondary N) is 1. The molecule has 0 spiro atoms. The summed E-state index contributed by atoms with van der Waals surface area (Å²) < 4.78 is 40.9. The molecule has 0 saturated heterocycles. The Morgan fingerprint density at radius 3 is 2.32 bits per heavy atom. The fourth-order valence-corrected chi connectivity index (χ4v) is 4.19. The van der Waals surface area contributed by atoms with E-state index in [0.29, 0.717) is 16.5 Å². The summed E-state index contributed by atoms with van der Waals surface area (Å²) in [6.07, 6.45) is -4.44. The van der Waals surface area contributed by atoms with Crippen LogP contribution in [0.2, 0.25) is 0 Å². The molecule has 4 rings (SSSR count). The molecule has 1 unspecified atom stereocenters. The van der Waals surface area contributed by atoms with Gasteiger partial charge in [-0.1, -0.05) is 72.4 Å². The number of carbonyl (C=O) groups is 1. The molecule has 0 aliphatic heterocycles. The van der Waals surface area contributed by atoms with E-state index in [4.69, 9.17) is 0 Å². The van der Waals surface area contributed by atoms with E-state index in [1.54, 1.807) is 13.0 Å². The maximum atomic E-state index is 13.0. The van der Waals surface area contributed by atoms with Crippen molar-refractivity contribution in [3.05, 3.63) is 96.1 Å². The number of halogens is 3. The second kappa shape index (κ2) is 10.1. The molecule has 1 amide bonds. The Kier molecular flexibility index (Phi) is 7.02. The summed E-state index contributed by atoms with van der Waals surface area (Å²) in [4.78, 5) is 12.6. The zero-order chi connectivity index (χ0) is 24.1. The zero-order valence-electron chi connectivity index (χ0n) is 18.2. The van der Waals surface area contributed by atoms with Crippen LogP contribution >= 0.6 is 11.8 Å². The Morgan fingerprint density at radius 2 is 1.65 bits per heavy atom. The van der Waals surface area contributed by atoms with E-state index in [1.165, 1.54) is 17.8 Å². The number of hydrogen-bond acceptors (Lipinski definition) is 4. The van der Waals surface area contributed by atoms with Crippen molar-refractivity contribution in [1.29, 1.82) is 0 Å². The van der Waals surface area contributed by atoms with Crippen LogP contribution in [0.3, 0.4) is 0 Å². The fourth-order valence-electron chi connectivity index (χ4n) is 3.43. The second-order valence-electron chi connectivity index (χ2n) is 7.54. The number of alkyl halides is 3. The van der Waals surface area contributed by atoms with Gasteiger partial charge in [-0.2, -0.15) is 13.2 Å². The van der Waals surface area contributed by atoms with E-state index in [2.05, 4.69) is 15.5 Å². The standard InChI is InChI=1S/C25H21F3N4OS/c1-17(19-11-8-12-20(15-19)25(26,27)28)29-22(33)16-34-24-31-30-23(18-9-4-2-5-10-18)32(24)21-13-6-3-7-14-21/h2-15,17H,16H2,1H3,(H,29,33). The quantitative estimate of drug-likeness (QED) is 0.332. The smallest absolute Gasteiger partial charge is 0.349 e. The monoisotopic (exact) mass is 482 g/mol. The molecule has 1 N–H and O–H groups in total. The lowest BCUT2D eigenvalue weighted by molar-refractivity contribution is -0.137. The average molecular weight is 483 g/mol. The summed E-state index contributed by atoms with van der Waals surface area (Å²) in [5, 5.41) is 11.9. The Hall–Kier alpha value is -3.59. The summed E-state index contributed by atoms with van der Waals surface area (Å²) in [6.45, 7) is 1.65. The van der Waals surface area contributed by atoms with Crippen LogP contribution < -0.4 is 5.32 Å². The number of aromatic nitrogens is 3. The third kappa shape index (κ3) is 5.48. The minimum absolute atomic E-state index is 0.0308. The summed E-state index contributed by atoms with van der Waals surface area (Å²) in [6, 6.07) is 23.5. The van der Waals surface area contributed by atoms with Crippen molar-refractivity contribution < 1.29 is 18.0 Å². The third-order valence-corrected chi connectivity index (χ3v) is 6.03. The molecular formula is C25H21F3N4OS. The molecule has 0 saturated carbocycles. The van der Waals surface area contributed by atoms with Gasteiger partial charge in [-0.05, 0) is 36.8 Å². The van der Waals surface area contributed by atoms with Gasteiger partial charge in [0.2, 0.25) is 5.91 Å². The summed E-state index contributed by atoms with van der Waals surface area (Å²) >= 11 is 1.21. The summed E-state index contributed by atoms with van der Waals surface area (Å²) in [7, 11) is 0. The minimum atomic E-state index is -4.44. The van der Waals surface area contributed by atoms with Crippen LogP contribution in [0.5, 0.6) is 0 Å². The van der Waals surface area contributed by atoms with Gasteiger partial charge in [0, 0.05) is 11.3 Å². The molecule has 0 aliphatic carbocycles. The molecule has 0 radical (unpaired) electrons. The Morgan fingerprint density at radius 1 is 0.971 bits per heavy atom. The number of para-hydroxylation sites is 1. The molecule has 1 aromatic heterocycles. The van der Waals surface area contributed by atoms with Gasteiger partial charge < -0.3 is 5.32 Å². The molecule has 34 heavy (non-hydrogen) atoms. The van der Waals surface area contributed by atoms with E-state index in [-0.39, 0.29) is 11.7 Å². The number of amides is 1. The highest BCUT2D eigenvalue weighted by molar-refractivity contribution is 7.99. The van der Waals surface area contributed by atoms with Gasteiger partial charge in [0.05, 0.1) is 17.4 Å². The molecule has 0 aliphatic rings. The largest absolute Gasteiger partial charge is 0.416 e. The number of thioether (sulfide) groups is 1. The van der Waals surface area contributed by atoms with Gasteiger partial charge in [-0.15, -0.1) is 10.2 Å². The van der Waals surface area contributed by atoms with Crippen LogP contribution in [0, 0.1) is 0 Å². The van der Waals surface area contributed by atoms with Gasteiger partial charge in [0.1, 0.15) is 0 Å². The first-order chi connectivity index (χ1) is 16.3. The van der Waals surface area contributed by atoms with Crippen molar-refractivity contribution in [1.82, 2.24) is 20.1 Å². The summed E-state index contributed by atoms with van der Waals surface area (Å²) in [5.74, 6) is 0.356. The normalized spacial score (nSPS) is 12.4. The first-order valence-corrected chi connectivity index (χ1v) is 11.5. The SMILES string of the molecule is CC(NC(=O)CSc1nnc(-c2ccccc2)n1-c1ccccc1)c1cccc(C(F)(F)F)c1. The molecule has 0 bridgehead atoms. The van der Waals surface area contributed by atoms with E-state index in [9.17, 15) is 18.0 Å². The molecule has 1 heterocycles. The van der Waals surface area contributed by atoms with E-state index >= 15 is 0 Å². The van der Waals surface area contributed by atoms with E-state index < -0.39 is 17.8 Å². The minimum Gasteiger partial charge on any atom is -0.349 e. The van der Waals surface area contributed by atoms with Gasteiger partial charge >= 0.3 is 6.18 Å². The molecule has 1 atom stereocenters. The molecule has 9 heteroatoms. The number of nitrogens with zero attached hydrogens (tertiary/aromatic N) is 3. The first-order valence-electron chi connectivity index (χ1n) is 10.5.